The van der Waals surface area contributed by atoms with Gasteiger partial charge in [0, 0.05) is 36.9 Å². The molecule has 0 aliphatic carbocycles. The number of nitrogens with zero attached hydrogens (tertiary/aromatic N) is 1. The number of ether oxygens (including phenoxy) is 1. The minimum atomic E-state index is 0.807. The second-order valence-electron chi connectivity index (χ2n) is 3.09. The van der Waals surface area contributed by atoms with Crippen molar-refractivity contribution in [3.05, 3.63) is 23.9 Å². The Morgan fingerprint density at radius 3 is 3.13 bits per heavy atom. The van der Waals surface area contributed by atoms with Crippen LogP contribution in [0.15, 0.2) is 18.3 Å². The Kier molecular flexibility index (Phi) is 6.20. The maximum atomic E-state index is 5.01. The molecule has 0 aliphatic rings. The van der Waals surface area contributed by atoms with E-state index in [4.69, 9.17) is 4.74 Å². The molecule has 0 atom stereocenters. The largest absolute Gasteiger partial charge is 0.384 e. The maximum Gasteiger partial charge on any atom is 0.129 e. The number of hydrogen-bond acceptors (Lipinski definition) is 4. The van der Waals surface area contributed by atoms with Crippen molar-refractivity contribution >= 4 is 17.6 Å². The van der Waals surface area contributed by atoms with E-state index in [1.807, 2.05) is 24.0 Å². The highest BCUT2D eigenvalue weighted by atomic mass is 32.2. The van der Waals surface area contributed by atoms with Crippen LogP contribution in [-0.2, 0) is 10.5 Å². The molecule has 1 aromatic rings. The van der Waals surface area contributed by atoms with E-state index in [0.717, 1.165) is 30.5 Å². The quantitative estimate of drug-likeness (QED) is 0.724. The number of pyridine rings is 1. The van der Waals surface area contributed by atoms with Crippen LogP contribution in [0.2, 0.25) is 0 Å². The summed E-state index contributed by atoms with van der Waals surface area (Å²) in [6, 6.07) is 4.10. The summed E-state index contributed by atoms with van der Waals surface area (Å²) in [4.78, 5) is 4.31. The third-order valence-corrected chi connectivity index (χ3v) is 2.90. The van der Waals surface area contributed by atoms with Crippen LogP contribution in [0.4, 0.5) is 5.82 Å². The molecule has 0 aliphatic heterocycles. The van der Waals surface area contributed by atoms with Crippen molar-refractivity contribution in [2.45, 2.75) is 12.7 Å². The second kappa shape index (κ2) is 7.54. The Hall–Kier alpha value is -0.740. The van der Waals surface area contributed by atoms with Crippen molar-refractivity contribution in [3.8, 4) is 0 Å². The summed E-state index contributed by atoms with van der Waals surface area (Å²) in [5.74, 6) is 3.01. The van der Waals surface area contributed by atoms with Gasteiger partial charge in [0.2, 0.25) is 0 Å². The highest BCUT2D eigenvalue weighted by Gasteiger charge is 2.01. The monoisotopic (exact) mass is 226 g/mol. The lowest BCUT2D eigenvalue weighted by Gasteiger charge is -2.08. The molecule has 3 nitrogen and oxygen atoms in total. The van der Waals surface area contributed by atoms with Crippen LogP contribution in [-0.4, -0.2) is 31.0 Å². The van der Waals surface area contributed by atoms with Gasteiger partial charge < -0.3 is 10.1 Å². The molecule has 0 bridgehead atoms. The number of rotatable bonds is 7. The standard InChI is InChI=1S/C11H18N2OS/c1-3-12-11-10(5-4-6-13-11)9-15-8-7-14-2/h4-6H,3,7-9H2,1-2H3,(H,12,13). The predicted molar refractivity (Wildman–Crippen MR) is 66.4 cm³/mol. The van der Waals surface area contributed by atoms with Crippen LogP contribution in [0.3, 0.4) is 0 Å². The van der Waals surface area contributed by atoms with E-state index in [2.05, 4.69) is 23.3 Å². The minimum absolute atomic E-state index is 0.807. The third kappa shape index (κ3) is 4.53. The van der Waals surface area contributed by atoms with Gasteiger partial charge in [-0.3, -0.25) is 0 Å². The van der Waals surface area contributed by atoms with Gasteiger partial charge in [0.25, 0.3) is 0 Å². The van der Waals surface area contributed by atoms with Gasteiger partial charge in [-0.1, -0.05) is 6.07 Å². The number of anilines is 1. The first kappa shape index (κ1) is 12.3. The molecular weight excluding hydrogens is 208 g/mol. The zero-order valence-corrected chi connectivity index (χ0v) is 10.1. The summed E-state index contributed by atoms with van der Waals surface area (Å²) in [7, 11) is 1.73. The molecule has 15 heavy (non-hydrogen) atoms. The highest BCUT2D eigenvalue weighted by Crippen LogP contribution is 2.18. The molecule has 1 N–H and O–H groups in total. The lowest BCUT2D eigenvalue weighted by Crippen LogP contribution is -2.02. The minimum Gasteiger partial charge on any atom is -0.384 e. The molecule has 1 heterocycles. The van der Waals surface area contributed by atoms with Crippen LogP contribution in [0.25, 0.3) is 0 Å². The lowest BCUT2D eigenvalue weighted by atomic mass is 10.3. The van der Waals surface area contributed by atoms with Crippen molar-refractivity contribution in [2.75, 3.05) is 31.3 Å². The normalized spacial score (nSPS) is 10.3. The fraction of sp³-hybridized carbons (Fsp3) is 0.545. The van der Waals surface area contributed by atoms with Crippen molar-refractivity contribution < 1.29 is 4.74 Å². The summed E-state index contributed by atoms with van der Waals surface area (Å²) in [6.07, 6.45) is 1.82. The fourth-order valence-corrected chi connectivity index (χ4v) is 2.09. The smallest absolute Gasteiger partial charge is 0.129 e. The summed E-state index contributed by atoms with van der Waals surface area (Å²) in [5, 5.41) is 3.26. The Morgan fingerprint density at radius 1 is 1.53 bits per heavy atom. The summed E-state index contributed by atoms with van der Waals surface area (Å²) in [5.41, 5.74) is 1.26. The second-order valence-corrected chi connectivity index (χ2v) is 4.19. The fourth-order valence-electron chi connectivity index (χ4n) is 1.21. The van der Waals surface area contributed by atoms with Crippen LogP contribution >= 0.6 is 11.8 Å². The Bertz CT molecular complexity index is 281. The topological polar surface area (TPSA) is 34.2 Å². The summed E-state index contributed by atoms with van der Waals surface area (Å²) in [6.45, 7) is 3.80. The van der Waals surface area contributed by atoms with E-state index >= 15 is 0 Å². The van der Waals surface area contributed by atoms with Gasteiger partial charge >= 0.3 is 0 Å². The molecule has 0 amide bonds. The van der Waals surface area contributed by atoms with Crippen LogP contribution in [0.5, 0.6) is 0 Å². The van der Waals surface area contributed by atoms with Crippen molar-refractivity contribution in [1.82, 2.24) is 4.98 Å². The lowest BCUT2D eigenvalue weighted by molar-refractivity contribution is 0.218. The van der Waals surface area contributed by atoms with E-state index in [1.165, 1.54) is 5.56 Å². The van der Waals surface area contributed by atoms with Gasteiger partial charge in [-0.05, 0) is 13.0 Å². The number of aromatic nitrogens is 1. The van der Waals surface area contributed by atoms with Gasteiger partial charge in [-0.15, -0.1) is 0 Å². The van der Waals surface area contributed by atoms with Crippen molar-refractivity contribution in [1.29, 1.82) is 0 Å². The number of hydrogen-bond donors (Lipinski definition) is 1. The molecule has 0 radical (unpaired) electrons. The summed E-state index contributed by atoms with van der Waals surface area (Å²) < 4.78 is 5.01. The predicted octanol–water partition coefficient (Wildman–Crippen LogP) is 2.39. The Morgan fingerprint density at radius 2 is 2.40 bits per heavy atom. The van der Waals surface area contributed by atoms with Gasteiger partial charge in [-0.2, -0.15) is 11.8 Å². The van der Waals surface area contributed by atoms with Gasteiger partial charge in [-0.25, -0.2) is 4.98 Å². The third-order valence-electron chi connectivity index (χ3n) is 1.92. The van der Waals surface area contributed by atoms with Gasteiger partial charge in [0.05, 0.1) is 6.61 Å². The molecule has 0 saturated heterocycles. The maximum absolute atomic E-state index is 5.01. The molecule has 84 valence electrons. The van der Waals surface area contributed by atoms with E-state index < -0.39 is 0 Å². The highest BCUT2D eigenvalue weighted by molar-refractivity contribution is 7.98. The van der Waals surface area contributed by atoms with E-state index in [0.29, 0.717) is 0 Å². The molecule has 4 heteroatoms. The SMILES string of the molecule is CCNc1ncccc1CSCCOC. The molecule has 0 saturated carbocycles. The molecular formula is C11H18N2OS. The summed E-state index contributed by atoms with van der Waals surface area (Å²) >= 11 is 1.87. The Labute approximate surface area is 95.6 Å². The molecule has 0 unspecified atom stereocenters. The number of thioether (sulfide) groups is 1. The van der Waals surface area contributed by atoms with Gasteiger partial charge in [0.1, 0.15) is 5.82 Å². The van der Waals surface area contributed by atoms with Crippen LogP contribution in [0, 0.1) is 0 Å². The first-order chi connectivity index (χ1) is 7.38. The van der Waals surface area contributed by atoms with E-state index in [-0.39, 0.29) is 0 Å². The molecule has 0 aromatic carbocycles. The average Bonchev–Trinajstić information content (AvgIpc) is 2.27. The van der Waals surface area contributed by atoms with Crippen LogP contribution in [0.1, 0.15) is 12.5 Å². The van der Waals surface area contributed by atoms with E-state index in [9.17, 15) is 0 Å². The van der Waals surface area contributed by atoms with Crippen molar-refractivity contribution in [2.24, 2.45) is 0 Å². The number of methoxy groups -OCH3 is 1. The molecule has 0 fully saturated rings. The molecule has 1 rings (SSSR count). The van der Waals surface area contributed by atoms with Gasteiger partial charge in [0.15, 0.2) is 0 Å². The first-order valence-electron chi connectivity index (χ1n) is 5.13. The first-order valence-corrected chi connectivity index (χ1v) is 6.28. The van der Waals surface area contributed by atoms with Crippen molar-refractivity contribution in [3.63, 3.8) is 0 Å². The zero-order valence-electron chi connectivity index (χ0n) is 9.32. The average molecular weight is 226 g/mol. The molecule has 1 aromatic heterocycles. The van der Waals surface area contributed by atoms with E-state index in [1.54, 1.807) is 7.11 Å². The Balaban J connectivity index is 2.44. The molecule has 0 spiro atoms. The zero-order chi connectivity index (χ0) is 10.9. The number of nitrogens with one attached hydrogen (secondary N) is 1. The van der Waals surface area contributed by atoms with Crippen LogP contribution < -0.4 is 5.32 Å².